The van der Waals surface area contributed by atoms with Gasteiger partial charge in [0.1, 0.15) is 0 Å². The molecule has 1 rings (SSSR count). The number of aliphatic hydroxyl groups excluding tert-OH is 2. The Morgan fingerprint density at radius 1 is 1.50 bits per heavy atom. The second-order valence-electron chi connectivity index (χ2n) is 3.04. The average Bonchev–Trinajstić information content (AvgIpc) is 1.98. The molecule has 12 heavy (non-hydrogen) atoms. The van der Waals surface area contributed by atoms with Crippen LogP contribution in [0.3, 0.4) is 0 Å². The summed E-state index contributed by atoms with van der Waals surface area (Å²) in [6, 6.07) is 0. The van der Waals surface area contributed by atoms with E-state index in [2.05, 4.69) is 6.92 Å². The van der Waals surface area contributed by atoms with Gasteiger partial charge in [-0.2, -0.15) is 0 Å². The van der Waals surface area contributed by atoms with E-state index in [1.165, 1.54) is 26.2 Å². The molecule has 74 valence electrons. The Hall–Kier alpha value is -0.120. The summed E-state index contributed by atoms with van der Waals surface area (Å²) in [7, 11) is 0. The third kappa shape index (κ3) is 6.58. The summed E-state index contributed by atoms with van der Waals surface area (Å²) in [5.41, 5.74) is 0. The number of ether oxygens (including phenoxy) is 1. The molecule has 1 saturated carbocycles. The first-order valence-corrected chi connectivity index (χ1v) is 4.61. The monoisotopic (exact) mass is 176 g/mol. The van der Waals surface area contributed by atoms with Crippen molar-refractivity contribution in [3.05, 3.63) is 0 Å². The molecule has 0 aliphatic heterocycles. The molecule has 0 aromatic rings. The third-order valence-corrected chi connectivity index (χ3v) is 1.72. The number of aliphatic hydroxyl groups is 2. The summed E-state index contributed by atoms with van der Waals surface area (Å²) in [6.45, 7) is 4.34. The molecule has 1 aliphatic carbocycles. The number of rotatable bonds is 3. The lowest BCUT2D eigenvalue weighted by atomic mass is 9.96. The summed E-state index contributed by atoms with van der Waals surface area (Å²) in [6.07, 6.45) is 4.05. The Kier molecular flexibility index (Phi) is 7.45. The van der Waals surface area contributed by atoms with Gasteiger partial charge < -0.3 is 14.9 Å². The van der Waals surface area contributed by atoms with Gasteiger partial charge in [0.2, 0.25) is 0 Å². The summed E-state index contributed by atoms with van der Waals surface area (Å²) < 4.78 is 5.28. The molecule has 0 heterocycles. The smallest absolute Gasteiger partial charge is 0.0742 e. The molecule has 0 bridgehead atoms. The standard InChI is InChI=1S/C6H12O.C3H8O2/c1-2-7-6-4-3-5-6;1-3(5)2-4/h6H,2-5H2,1H3;3-5H,2H2,1H3. The third-order valence-electron chi connectivity index (χ3n) is 1.72. The van der Waals surface area contributed by atoms with Crippen LogP contribution < -0.4 is 0 Å². The molecule has 1 unspecified atom stereocenters. The van der Waals surface area contributed by atoms with Crippen molar-refractivity contribution >= 4 is 0 Å². The van der Waals surface area contributed by atoms with Gasteiger partial charge in [-0.15, -0.1) is 0 Å². The van der Waals surface area contributed by atoms with Crippen molar-refractivity contribution in [2.45, 2.75) is 45.3 Å². The molecule has 0 aromatic heterocycles. The maximum Gasteiger partial charge on any atom is 0.0742 e. The molecule has 0 saturated heterocycles. The molecule has 0 radical (unpaired) electrons. The summed E-state index contributed by atoms with van der Waals surface area (Å²) in [5, 5.41) is 16.0. The zero-order valence-corrected chi connectivity index (χ0v) is 7.99. The van der Waals surface area contributed by atoms with Crippen LogP contribution in [0.15, 0.2) is 0 Å². The fourth-order valence-electron chi connectivity index (χ4n) is 0.773. The van der Waals surface area contributed by atoms with E-state index in [0.29, 0.717) is 6.10 Å². The van der Waals surface area contributed by atoms with Gasteiger partial charge in [-0.3, -0.25) is 0 Å². The van der Waals surface area contributed by atoms with Crippen molar-refractivity contribution in [3.63, 3.8) is 0 Å². The van der Waals surface area contributed by atoms with Crippen LogP contribution in [0.25, 0.3) is 0 Å². The molecule has 2 N–H and O–H groups in total. The van der Waals surface area contributed by atoms with E-state index in [1.807, 2.05) is 0 Å². The van der Waals surface area contributed by atoms with Gasteiger partial charge in [0, 0.05) is 6.61 Å². The van der Waals surface area contributed by atoms with Crippen LogP contribution >= 0.6 is 0 Å². The van der Waals surface area contributed by atoms with Gasteiger partial charge in [0.05, 0.1) is 18.8 Å². The Balaban J connectivity index is 0.000000217. The van der Waals surface area contributed by atoms with Gasteiger partial charge in [-0.05, 0) is 33.1 Å². The lowest BCUT2D eigenvalue weighted by molar-refractivity contribution is 0.00995. The zero-order valence-electron chi connectivity index (χ0n) is 7.99. The van der Waals surface area contributed by atoms with Crippen molar-refractivity contribution < 1.29 is 14.9 Å². The summed E-state index contributed by atoms with van der Waals surface area (Å²) in [5.74, 6) is 0. The molecule has 3 heteroatoms. The summed E-state index contributed by atoms with van der Waals surface area (Å²) >= 11 is 0. The van der Waals surface area contributed by atoms with E-state index in [9.17, 15) is 0 Å². The Morgan fingerprint density at radius 2 is 2.00 bits per heavy atom. The highest BCUT2D eigenvalue weighted by molar-refractivity contribution is 4.68. The van der Waals surface area contributed by atoms with E-state index in [1.54, 1.807) is 0 Å². The SMILES string of the molecule is CC(O)CO.CCOC1CCC1. The highest BCUT2D eigenvalue weighted by Gasteiger charge is 2.15. The first kappa shape index (κ1) is 11.9. The molecule has 0 amide bonds. The van der Waals surface area contributed by atoms with Crippen LogP contribution in [0.4, 0.5) is 0 Å². The quantitative estimate of drug-likeness (QED) is 0.672. The predicted molar refractivity (Wildman–Crippen MR) is 48.0 cm³/mol. The van der Waals surface area contributed by atoms with Crippen LogP contribution in [-0.4, -0.2) is 35.6 Å². The first-order chi connectivity index (χ1) is 5.70. The second-order valence-corrected chi connectivity index (χ2v) is 3.04. The minimum atomic E-state index is -0.560. The largest absolute Gasteiger partial charge is 0.394 e. The molecule has 1 aliphatic rings. The predicted octanol–water partition coefficient (Wildman–Crippen LogP) is 0.935. The van der Waals surface area contributed by atoms with Gasteiger partial charge in [0.25, 0.3) is 0 Å². The Labute approximate surface area is 74.4 Å². The maximum absolute atomic E-state index is 8.11. The summed E-state index contributed by atoms with van der Waals surface area (Å²) in [4.78, 5) is 0. The minimum Gasteiger partial charge on any atom is -0.394 e. The van der Waals surface area contributed by atoms with Crippen LogP contribution in [-0.2, 0) is 4.74 Å². The van der Waals surface area contributed by atoms with Crippen molar-refractivity contribution in [2.24, 2.45) is 0 Å². The molecular weight excluding hydrogens is 156 g/mol. The fraction of sp³-hybridized carbons (Fsp3) is 1.00. The molecule has 0 spiro atoms. The fourth-order valence-corrected chi connectivity index (χ4v) is 0.773. The number of hydrogen-bond donors (Lipinski definition) is 2. The lowest BCUT2D eigenvalue weighted by Gasteiger charge is -2.24. The van der Waals surface area contributed by atoms with Crippen LogP contribution in [0, 0.1) is 0 Å². The molecule has 3 nitrogen and oxygen atoms in total. The highest BCUT2D eigenvalue weighted by Crippen LogP contribution is 2.21. The van der Waals surface area contributed by atoms with Crippen LogP contribution in [0.1, 0.15) is 33.1 Å². The van der Waals surface area contributed by atoms with E-state index < -0.39 is 6.10 Å². The normalized spacial score (nSPS) is 19.0. The second kappa shape index (κ2) is 7.53. The van der Waals surface area contributed by atoms with E-state index in [0.717, 1.165) is 6.61 Å². The van der Waals surface area contributed by atoms with Crippen LogP contribution in [0.2, 0.25) is 0 Å². The average molecular weight is 176 g/mol. The Bertz CT molecular complexity index is 89.8. The van der Waals surface area contributed by atoms with Crippen molar-refractivity contribution in [2.75, 3.05) is 13.2 Å². The van der Waals surface area contributed by atoms with E-state index in [4.69, 9.17) is 14.9 Å². The minimum absolute atomic E-state index is 0.139. The lowest BCUT2D eigenvalue weighted by Crippen LogP contribution is -2.20. The topological polar surface area (TPSA) is 49.7 Å². The molecule has 1 fully saturated rings. The van der Waals surface area contributed by atoms with Crippen molar-refractivity contribution in [1.29, 1.82) is 0 Å². The van der Waals surface area contributed by atoms with Gasteiger partial charge in [-0.25, -0.2) is 0 Å². The highest BCUT2D eigenvalue weighted by atomic mass is 16.5. The maximum atomic E-state index is 8.11. The van der Waals surface area contributed by atoms with Crippen LogP contribution in [0.5, 0.6) is 0 Å². The molecule has 0 aromatic carbocycles. The van der Waals surface area contributed by atoms with Gasteiger partial charge >= 0.3 is 0 Å². The molecular formula is C9H20O3. The van der Waals surface area contributed by atoms with Crippen molar-refractivity contribution in [1.82, 2.24) is 0 Å². The first-order valence-electron chi connectivity index (χ1n) is 4.61. The number of hydrogen-bond acceptors (Lipinski definition) is 3. The van der Waals surface area contributed by atoms with E-state index in [-0.39, 0.29) is 6.61 Å². The van der Waals surface area contributed by atoms with Gasteiger partial charge in [-0.1, -0.05) is 0 Å². The van der Waals surface area contributed by atoms with E-state index >= 15 is 0 Å². The zero-order chi connectivity index (χ0) is 9.40. The Morgan fingerprint density at radius 3 is 2.08 bits per heavy atom. The van der Waals surface area contributed by atoms with Gasteiger partial charge in [0.15, 0.2) is 0 Å². The molecule has 1 atom stereocenters. The van der Waals surface area contributed by atoms with Crippen molar-refractivity contribution in [3.8, 4) is 0 Å².